The number of rotatable bonds is 2. The van der Waals surface area contributed by atoms with E-state index >= 15 is 0 Å². The maximum Gasteiger partial charge on any atom is 0.272 e. The summed E-state index contributed by atoms with van der Waals surface area (Å²) in [4.78, 5) is 24.5. The molecule has 1 aliphatic rings. The fraction of sp³-hybridized carbons (Fsp3) is 0.500. The molecule has 1 fully saturated rings. The minimum absolute atomic E-state index is 0.0884. The van der Waals surface area contributed by atoms with Crippen molar-refractivity contribution < 1.29 is 9.59 Å². The molecule has 0 unspecified atom stereocenters. The van der Waals surface area contributed by atoms with Crippen molar-refractivity contribution in [3.63, 3.8) is 0 Å². The smallest absolute Gasteiger partial charge is 0.272 e. The number of nitrogens with zero attached hydrogens (tertiary/aromatic N) is 4. The molecule has 1 amide bonds. The molecule has 0 aromatic carbocycles. The first-order valence-electron chi connectivity index (χ1n) is 5.34. The molecule has 1 aliphatic heterocycles. The molecule has 0 spiro atoms. The van der Waals surface area contributed by atoms with Crippen LogP contribution in [0.4, 0.5) is 0 Å². The number of aryl methyl sites for hydroxylation is 1. The summed E-state index contributed by atoms with van der Waals surface area (Å²) >= 11 is 4.23. The molecule has 0 atom stereocenters. The van der Waals surface area contributed by atoms with Gasteiger partial charge in [0, 0.05) is 33.2 Å². The third-order valence-corrected chi connectivity index (χ3v) is 3.18. The van der Waals surface area contributed by atoms with Gasteiger partial charge in [-0.2, -0.15) is 5.10 Å². The molecule has 17 heavy (non-hydrogen) atoms. The molecule has 1 aromatic rings. The second-order valence-electron chi connectivity index (χ2n) is 3.94. The molecule has 2 rings (SSSR count). The van der Waals surface area contributed by atoms with Crippen molar-refractivity contribution in [1.29, 1.82) is 0 Å². The molecule has 0 N–H and O–H groups in total. The first-order valence-corrected chi connectivity index (χ1v) is 5.74. The van der Waals surface area contributed by atoms with Crippen LogP contribution < -0.4 is 0 Å². The lowest BCUT2D eigenvalue weighted by Crippen LogP contribution is -2.46. The van der Waals surface area contributed by atoms with Crippen molar-refractivity contribution >= 4 is 25.0 Å². The number of amides is 1. The monoisotopic (exact) mass is 254 g/mol. The van der Waals surface area contributed by atoms with Gasteiger partial charge in [-0.25, -0.2) is 4.31 Å². The van der Waals surface area contributed by atoms with E-state index in [-0.39, 0.29) is 11.6 Å². The van der Waals surface area contributed by atoms with Crippen LogP contribution in [0.2, 0.25) is 0 Å². The number of carbonyl (C=O) groups excluding carboxylic acids is 2. The van der Waals surface area contributed by atoms with Gasteiger partial charge in [0.1, 0.15) is 11.4 Å². The number of aldehydes is 1. The quantitative estimate of drug-likeness (QED) is 0.588. The number of carbonyl (C=O) groups is 2. The average Bonchev–Trinajstić information content (AvgIpc) is 2.71. The van der Waals surface area contributed by atoms with Crippen LogP contribution in [0.5, 0.6) is 0 Å². The van der Waals surface area contributed by atoms with Crippen molar-refractivity contribution in [2.45, 2.75) is 0 Å². The largest absolute Gasteiger partial charge is 0.335 e. The lowest BCUT2D eigenvalue weighted by Gasteiger charge is -2.31. The van der Waals surface area contributed by atoms with E-state index in [1.807, 2.05) is 4.31 Å². The Bertz CT molecular complexity index is 438. The van der Waals surface area contributed by atoms with Crippen molar-refractivity contribution in [3.8, 4) is 0 Å². The zero-order valence-corrected chi connectivity index (χ0v) is 10.4. The van der Waals surface area contributed by atoms with Crippen LogP contribution in [0.1, 0.15) is 21.0 Å². The van der Waals surface area contributed by atoms with Crippen LogP contribution in [0.25, 0.3) is 0 Å². The lowest BCUT2D eigenvalue weighted by atomic mass is 10.3. The molecule has 0 bridgehead atoms. The highest BCUT2D eigenvalue weighted by Crippen LogP contribution is 2.10. The summed E-state index contributed by atoms with van der Waals surface area (Å²) in [6.45, 7) is 2.77. The fourth-order valence-corrected chi connectivity index (χ4v) is 1.99. The van der Waals surface area contributed by atoms with Gasteiger partial charge in [0.15, 0.2) is 6.29 Å². The van der Waals surface area contributed by atoms with Gasteiger partial charge in [0.05, 0.1) is 0 Å². The third kappa shape index (κ3) is 2.50. The normalized spacial score (nSPS) is 17.2. The summed E-state index contributed by atoms with van der Waals surface area (Å²) in [5.74, 6) is -0.0884. The van der Waals surface area contributed by atoms with E-state index in [9.17, 15) is 9.59 Å². The van der Waals surface area contributed by atoms with E-state index in [0.29, 0.717) is 25.1 Å². The highest BCUT2D eigenvalue weighted by atomic mass is 32.1. The average molecular weight is 254 g/mol. The summed E-state index contributed by atoms with van der Waals surface area (Å²) in [7, 11) is 1.66. The summed E-state index contributed by atoms with van der Waals surface area (Å²) in [5.41, 5.74) is 0.725. The van der Waals surface area contributed by atoms with Gasteiger partial charge in [0.25, 0.3) is 5.91 Å². The van der Waals surface area contributed by atoms with E-state index in [4.69, 9.17) is 0 Å². The zero-order valence-electron chi connectivity index (χ0n) is 9.54. The minimum Gasteiger partial charge on any atom is -0.335 e. The Morgan fingerprint density at radius 2 is 2.06 bits per heavy atom. The SMILES string of the molecule is Cn1nc(C=O)cc1C(=O)N1CCN(S)CC1. The maximum atomic E-state index is 12.2. The van der Waals surface area contributed by atoms with Crippen LogP contribution in [-0.4, -0.2) is 57.4 Å². The third-order valence-electron chi connectivity index (χ3n) is 2.78. The van der Waals surface area contributed by atoms with Crippen LogP contribution in [-0.2, 0) is 7.05 Å². The summed E-state index contributed by atoms with van der Waals surface area (Å²) in [5, 5.41) is 3.94. The van der Waals surface area contributed by atoms with Crippen LogP contribution in [0, 0.1) is 0 Å². The number of hydrogen-bond acceptors (Lipinski definition) is 5. The van der Waals surface area contributed by atoms with Crippen molar-refractivity contribution in [3.05, 3.63) is 17.5 Å². The highest BCUT2D eigenvalue weighted by molar-refractivity contribution is 7.77. The molecule has 1 aromatic heterocycles. The van der Waals surface area contributed by atoms with E-state index < -0.39 is 0 Å². The second kappa shape index (κ2) is 4.89. The van der Waals surface area contributed by atoms with Crippen molar-refractivity contribution in [1.82, 2.24) is 19.0 Å². The van der Waals surface area contributed by atoms with Crippen molar-refractivity contribution in [2.75, 3.05) is 26.2 Å². The topological polar surface area (TPSA) is 58.4 Å². The van der Waals surface area contributed by atoms with Gasteiger partial charge in [-0.15, -0.1) is 0 Å². The van der Waals surface area contributed by atoms with Gasteiger partial charge in [-0.3, -0.25) is 14.3 Å². The summed E-state index contributed by atoms with van der Waals surface area (Å²) in [6, 6.07) is 1.52. The minimum atomic E-state index is -0.0884. The van der Waals surface area contributed by atoms with Crippen LogP contribution >= 0.6 is 12.8 Å². The number of aromatic nitrogens is 2. The number of hydrogen-bond donors (Lipinski definition) is 1. The molecule has 7 heteroatoms. The first kappa shape index (κ1) is 12.1. The first-order chi connectivity index (χ1) is 8.11. The van der Waals surface area contributed by atoms with Gasteiger partial charge in [-0.1, -0.05) is 12.8 Å². The highest BCUT2D eigenvalue weighted by Gasteiger charge is 2.23. The molecule has 2 heterocycles. The Morgan fingerprint density at radius 3 is 2.59 bits per heavy atom. The molecule has 6 nitrogen and oxygen atoms in total. The Hall–Kier alpha value is -1.34. The Kier molecular flexibility index (Phi) is 3.49. The summed E-state index contributed by atoms with van der Waals surface area (Å²) in [6.07, 6.45) is 0.641. The fourth-order valence-electron chi connectivity index (χ4n) is 1.81. The van der Waals surface area contributed by atoms with Crippen LogP contribution in [0.3, 0.4) is 0 Å². The predicted molar refractivity (Wildman–Crippen MR) is 65.1 cm³/mol. The lowest BCUT2D eigenvalue weighted by molar-refractivity contribution is 0.0693. The molecule has 0 saturated carbocycles. The predicted octanol–water partition coefficient (Wildman–Crippen LogP) is -0.165. The molecule has 0 aliphatic carbocycles. The molecular formula is C10H14N4O2S. The van der Waals surface area contributed by atoms with E-state index in [1.54, 1.807) is 11.9 Å². The van der Waals surface area contributed by atoms with Gasteiger partial charge in [0.2, 0.25) is 0 Å². The number of thiol groups is 1. The standard InChI is InChI=1S/C10H14N4O2S/c1-12-9(6-8(7-15)11-12)10(16)13-2-4-14(17)5-3-13/h6-7,17H,2-5H2,1H3. The summed E-state index contributed by atoms with van der Waals surface area (Å²) < 4.78 is 3.32. The van der Waals surface area contributed by atoms with Gasteiger partial charge >= 0.3 is 0 Å². The van der Waals surface area contributed by atoms with Gasteiger partial charge in [-0.05, 0) is 6.07 Å². The molecule has 1 saturated heterocycles. The zero-order chi connectivity index (χ0) is 12.4. The van der Waals surface area contributed by atoms with E-state index in [0.717, 1.165) is 13.1 Å². The second-order valence-corrected chi connectivity index (χ2v) is 4.51. The Labute approximate surface area is 105 Å². The Morgan fingerprint density at radius 1 is 1.41 bits per heavy atom. The molecular weight excluding hydrogens is 240 g/mol. The van der Waals surface area contributed by atoms with Gasteiger partial charge < -0.3 is 4.90 Å². The van der Waals surface area contributed by atoms with Crippen molar-refractivity contribution in [2.24, 2.45) is 7.05 Å². The number of piperazine rings is 1. The van der Waals surface area contributed by atoms with Crippen LogP contribution in [0.15, 0.2) is 6.07 Å². The molecule has 0 radical (unpaired) electrons. The van der Waals surface area contributed by atoms with E-state index in [2.05, 4.69) is 17.9 Å². The van der Waals surface area contributed by atoms with E-state index in [1.165, 1.54) is 10.7 Å². The molecule has 92 valence electrons. The Balaban J connectivity index is 2.13. The maximum absolute atomic E-state index is 12.2.